The summed E-state index contributed by atoms with van der Waals surface area (Å²) < 4.78 is 5.35. The summed E-state index contributed by atoms with van der Waals surface area (Å²) in [7, 11) is 2.16. The first-order valence-electron chi connectivity index (χ1n) is 6.73. The Hall–Kier alpha value is -0.970. The standard InChI is InChI=1S/C14H23N3O/c1-17(12-13-2-6-15-7-3-13)9-8-16-14-4-10-18-11-5-14/h2-3,6-7,14,16H,4-5,8-12H2,1H3. The normalized spacial score (nSPS) is 17.2. The summed E-state index contributed by atoms with van der Waals surface area (Å²) in [6.07, 6.45) is 6.00. The van der Waals surface area contributed by atoms with E-state index in [1.807, 2.05) is 12.4 Å². The first-order valence-corrected chi connectivity index (χ1v) is 6.73. The largest absolute Gasteiger partial charge is 0.381 e. The fourth-order valence-corrected chi connectivity index (χ4v) is 2.24. The molecule has 4 heteroatoms. The lowest BCUT2D eigenvalue weighted by Gasteiger charge is -2.24. The van der Waals surface area contributed by atoms with Crippen molar-refractivity contribution >= 4 is 0 Å². The molecule has 0 spiro atoms. The third-order valence-corrected chi connectivity index (χ3v) is 3.35. The highest BCUT2D eigenvalue weighted by Crippen LogP contribution is 2.06. The van der Waals surface area contributed by atoms with Crippen LogP contribution in [-0.2, 0) is 11.3 Å². The van der Waals surface area contributed by atoms with Crippen molar-refractivity contribution in [1.82, 2.24) is 15.2 Å². The van der Waals surface area contributed by atoms with Crippen molar-refractivity contribution in [1.29, 1.82) is 0 Å². The predicted octanol–water partition coefficient (Wildman–Crippen LogP) is 1.28. The molecule has 0 aliphatic carbocycles. The van der Waals surface area contributed by atoms with Crippen molar-refractivity contribution in [2.24, 2.45) is 0 Å². The first kappa shape index (κ1) is 13.5. The van der Waals surface area contributed by atoms with Gasteiger partial charge in [-0.2, -0.15) is 0 Å². The Morgan fingerprint density at radius 3 is 2.78 bits per heavy atom. The second-order valence-electron chi connectivity index (χ2n) is 4.93. The zero-order chi connectivity index (χ0) is 12.6. The molecule has 1 fully saturated rings. The van der Waals surface area contributed by atoms with Crippen LogP contribution in [0.5, 0.6) is 0 Å². The first-order chi connectivity index (χ1) is 8.84. The Labute approximate surface area is 109 Å². The molecule has 2 rings (SSSR count). The molecule has 1 aliphatic rings. The van der Waals surface area contributed by atoms with Crippen LogP contribution in [-0.4, -0.2) is 49.3 Å². The Balaban J connectivity index is 1.61. The van der Waals surface area contributed by atoms with Crippen LogP contribution in [0.4, 0.5) is 0 Å². The Morgan fingerprint density at radius 1 is 1.33 bits per heavy atom. The van der Waals surface area contributed by atoms with Crippen LogP contribution >= 0.6 is 0 Å². The molecule has 1 aromatic rings. The van der Waals surface area contributed by atoms with Gasteiger partial charge in [-0.1, -0.05) is 0 Å². The summed E-state index contributed by atoms with van der Waals surface area (Å²) in [5.74, 6) is 0. The van der Waals surface area contributed by atoms with Crippen LogP contribution in [0.1, 0.15) is 18.4 Å². The molecule has 0 radical (unpaired) electrons. The lowest BCUT2D eigenvalue weighted by molar-refractivity contribution is 0.0774. The van der Waals surface area contributed by atoms with Gasteiger partial charge >= 0.3 is 0 Å². The Bertz CT molecular complexity index is 325. The van der Waals surface area contributed by atoms with Gasteiger partial charge in [0.05, 0.1) is 0 Å². The summed E-state index contributed by atoms with van der Waals surface area (Å²) in [4.78, 5) is 6.37. The molecular weight excluding hydrogens is 226 g/mol. The number of ether oxygens (including phenoxy) is 1. The molecule has 1 aromatic heterocycles. The van der Waals surface area contributed by atoms with Gasteiger partial charge < -0.3 is 15.0 Å². The minimum Gasteiger partial charge on any atom is -0.381 e. The SMILES string of the molecule is CN(CCNC1CCOCC1)Cc1ccncc1. The van der Waals surface area contributed by atoms with Crippen molar-refractivity contribution in [3.05, 3.63) is 30.1 Å². The Morgan fingerprint density at radius 2 is 2.06 bits per heavy atom. The number of nitrogens with zero attached hydrogens (tertiary/aromatic N) is 2. The van der Waals surface area contributed by atoms with Gasteiger partial charge in [-0.15, -0.1) is 0 Å². The number of nitrogens with one attached hydrogen (secondary N) is 1. The Kier molecular flexibility index (Phi) is 5.58. The van der Waals surface area contributed by atoms with Crippen molar-refractivity contribution in [3.8, 4) is 0 Å². The molecule has 0 bridgehead atoms. The second-order valence-corrected chi connectivity index (χ2v) is 4.93. The lowest BCUT2D eigenvalue weighted by atomic mass is 10.1. The summed E-state index contributed by atoms with van der Waals surface area (Å²) in [6.45, 7) is 4.92. The highest BCUT2D eigenvalue weighted by molar-refractivity contribution is 5.09. The van der Waals surface area contributed by atoms with Gasteiger partial charge in [-0.3, -0.25) is 4.98 Å². The van der Waals surface area contributed by atoms with Crippen LogP contribution < -0.4 is 5.32 Å². The topological polar surface area (TPSA) is 37.4 Å². The van der Waals surface area contributed by atoms with Crippen molar-refractivity contribution in [3.63, 3.8) is 0 Å². The zero-order valence-corrected chi connectivity index (χ0v) is 11.1. The van der Waals surface area contributed by atoms with E-state index in [0.717, 1.165) is 45.7 Å². The fraction of sp³-hybridized carbons (Fsp3) is 0.643. The van der Waals surface area contributed by atoms with Crippen LogP contribution in [0.25, 0.3) is 0 Å². The van der Waals surface area contributed by atoms with E-state index in [4.69, 9.17) is 4.74 Å². The van der Waals surface area contributed by atoms with E-state index in [1.54, 1.807) is 0 Å². The molecule has 0 unspecified atom stereocenters. The zero-order valence-electron chi connectivity index (χ0n) is 11.1. The van der Waals surface area contributed by atoms with Gasteiger partial charge in [-0.25, -0.2) is 0 Å². The summed E-state index contributed by atoms with van der Waals surface area (Å²) in [5, 5.41) is 3.60. The monoisotopic (exact) mass is 249 g/mol. The molecule has 0 aromatic carbocycles. The summed E-state index contributed by atoms with van der Waals surface area (Å²) >= 11 is 0. The van der Waals surface area contributed by atoms with Gasteiger partial charge in [0.25, 0.3) is 0 Å². The maximum atomic E-state index is 5.35. The van der Waals surface area contributed by atoms with Crippen LogP contribution in [0.15, 0.2) is 24.5 Å². The molecule has 1 saturated heterocycles. The molecule has 0 amide bonds. The van der Waals surface area contributed by atoms with E-state index in [1.165, 1.54) is 5.56 Å². The number of hydrogen-bond donors (Lipinski definition) is 1. The second kappa shape index (κ2) is 7.46. The maximum Gasteiger partial charge on any atom is 0.0480 e. The van der Waals surface area contributed by atoms with Crippen molar-refractivity contribution < 1.29 is 4.74 Å². The van der Waals surface area contributed by atoms with Crippen LogP contribution in [0.2, 0.25) is 0 Å². The molecule has 0 saturated carbocycles. The molecule has 100 valence electrons. The van der Waals surface area contributed by atoms with Gasteiger partial charge in [0.15, 0.2) is 0 Å². The minimum absolute atomic E-state index is 0.646. The average molecular weight is 249 g/mol. The molecule has 1 N–H and O–H groups in total. The fourth-order valence-electron chi connectivity index (χ4n) is 2.24. The summed E-state index contributed by atoms with van der Waals surface area (Å²) in [5.41, 5.74) is 1.32. The van der Waals surface area contributed by atoms with E-state index in [0.29, 0.717) is 6.04 Å². The molecule has 4 nitrogen and oxygen atoms in total. The number of hydrogen-bond acceptors (Lipinski definition) is 4. The van der Waals surface area contributed by atoms with Crippen LogP contribution in [0.3, 0.4) is 0 Å². The van der Waals surface area contributed by atoms with Crippen molar-refractivity contribution in [2.75, 3.05) is 33.4 Å². The quantitative estimate of drug-likeness (QED) is 0.824. The smallest absolute Gasteiger partial charge is 0.0480 e. The summed E-state index contributed by atoms with van der Waals surface area (Å²) in [6, 6.07) is 4.79. The van der Waals surface area contributed by atoms with Gasteiger partial charge in [0.2, 0.25) is 0 Å². The number of likely N-dealkylation sites (N-methyl/N-ethyl adjacent to an activating group) is 1. The molecule has 0 atom stereocenters. The predicted molar refractivity (Wildman–Crippen MR) is 72.4 cm³/mol. The lowest BCUT2D eigenvalue weighted by Crippen LogP contribution is -2.39. The van der Waals surface area contributed by atoms with E-state index < -0.39 is 0 Å². The van der Waals surface area contributed by atoms with E-state index in [-0.39, 0.29) is 0 Å². The van der Waals surface area contributed by atoms with Gasteiger partial charge in [0.1, 0.15) is 0 Å². The van der Waals surface area contributed by atoms with Gasteiger partial charge in [-0.05, 0) is 37.6 Å². The number of rotatable bonds is 6. The third-order valence-electron chi connectivity index (χ3n) is 3.35. The van der Waals surface area contributed by atoms with E-state index >= 15 is 0 Å². The van der Waals surface area contributed by atoms with E-state index in [9.17, 15) is 0 Å². The minimum atomic E-state index is 0.646. The third kappa shape index (κ3) is 4.72. The molecule has 2 heterocycles. The highest BCUT2D eigenvalue weighted by Gasteiger charge is 2.12. The highest BCUT2D eigenvalue weighted by atomic mass is 16.5. The number of pyridine rings is 1. The van der Waals surface area contributed by atoms with Crippen LogP contribution in [0, 0.1) is 0 Å². The van der Waals surface area contributed by atoms with E-state index in [2.05, 4.69) is 34.4 Å². The number of aromatic nitrogens is 1. The maximum absolute atomic E-state index is 5.35. The molecule has 1 aliphatic heterocycles. The molecular formula is C14H23N3O. The van der Waals surface area contributed by atoms with Gasteiger partial charge in [0, 0.05) is 51.3 Å². The average Bonchev–Trinajstić information content (AvgIpc) is 2.41. The van der Waals surface area contributed by atoms with Crippen molar-refractivity contribution in [2.45, 2.75) is 25.4 Å². The molecule has 18 heavy (non-hydrogen) atoms.